The highest BCUT2D eigenvalue weighted by molar-refractivity contribution is 14.0. The number of halogens is 1. The van der Waals surface area contributed by atoms with Gasteiger partial charge in [-0.1, -0.05) is 0 Å². The maximum atomic E-state index is 11.4. The fourth-order valence-electron chi connectivity index (χ4n) is 2.63. The first-order chi connectivity index (χ1) is 10.6. The van der Waals surface area contributed by atoms with Crippen LogP contribution in [0.1, 0.15) is 19.8 Å². The third kappa shape index (κ3) is 7.99. The first kappa shape index (κ1) is 20.9. The number of aliphatic imine (C=N–C) groups is 1. The predicted molar refractivity (Wildman–Crippen MR) is 103 cm³/mol. The summed E-state index contributed by atoms with van der Waals surface area (Å²) in [6.07, 6.45) is 2.47. The SMILES string of the molecule is CCNC(=NCC1CCCO1)NCCN1CCS(=O)(=O)CC1.I. The van der Waals surface area contributed by atoms with Crippen LogP contribution in [0, 0.1) is 0 Å². The second kappa shape index (κ2) is 10.7. The van der Waals surface area contributed by atoms with E-state index in [1.54, 1.807) is 0 Å². The van der Waals surface area contributed by atoms with E-state index in [0.29, 0.717) is 19.6 Å². The summed E-state index contributed by atoms with van der Waals surface area (Å²) in [5.41, 5.74) is 0. The fourth-order valence-corrected chi connectivity index (χ4v) is 3.91. The third-order valence-electron chi connectivity index (χ3n) is 3.98. The molecule has 2 rings (SSSR count). The zero-order chi connectivity index (χ0) is 15.8. The zero-order valence-electron chi connectivity index (χ0n) is 13.8. The molecule has 9 heteroatoms. The first-order valence-corrected chi connectivity index (χ1v) is 9.98. The van der Waals surface area contributed by atoms with Crippen LogP contribution in [0.4, 0.5) is 0 Å². The number of nitrogens with zero attached hydrogens (tertiary/aromatic N) is 2. The quantitative estimate of drug-likeness (QED) is 0.332. The van der Waals surface area contributed by atoms with Crippen molar-refractivity contribution in [2.75, 3.05) is 57.4 Å². The monoisotopic (exact) mass is 460 g/mol. The van der Waals surface area contributed by atoms with Crippen LogP contribution in [-0.4, -0.2) is 82.8 Å². The molecule has 0 aromatic heterocycles. The molecule has 1 unspecified atom stereocenters. The molecule has 2 aliphatic heterocycles. The van der Waals surface area contributed by atoms with Gasteiger partial charge in [-0.15, -0.1) is 24.0 Å². The van der Waals surface area contributed by atoms with Gasteiger partial charge in [0.05, 0.1) is 24.2 Å². The van der Waals surface area contributed by atoms with Crippen molar-refractivity contribution in [2.24, 2.45) is 4.99 Å². The molecular formula is C14H29IN4O3S. The topological polar surface area (TPSA) is 83.0 Å². The van der Waals surface area contributed by atoms with Crippen molar-refractivity contribution in [3.05, 3.63) is 0 Å². The highest BCUT2D eigenvalue weighted by Crippen LogP contribution is 2.11. The van der Waals surface area contributed by atoms with Crippen molar-refractivity contribution >= 4 is 39.8 Å². The second-order valence-electron chi connectivity index (χ2n) is 5.77. The molecule has 0 amide bonds. The molecule has 0 bridgehead atoms. The average Bonchev–Trinajstić information content (AvgIpc) is 3.00. The molecule has 2 aliphatic rings. The van der Waals surface area contributed by atoms with E-state index >= 15 is 0 Å². The molecule has 2 N–H and O–H groups in total. The van der Waals surface area contributed by atoms with Crippen LogP contribution in [0.3, 0.4) is 0 Å². The average molecular weight is 460 g/mol. The first-order valence-electron chi connectivity index (χ1n) is 8.15. The molecule has 0 aromatic rings. The highest BCUT2D eigenvalue weighted by atomic mass is 127. The van der Waals surface area contributed by atoms with Gasteiger partial charge in [0.1, 0.15) is 0 Å². The summed E-state index contributed by atoms with van der Waals surface area (Å²) >= 11 is 0. The Hall–Kier alpha value is -0.130. The van der Waals surface area contributed by atoms with Gasteiger partial charge in [-0.05, 0) is 19.8 Å². The van der Waals surface area contributed by atoms with Gasteiger partial charge in [0.2, 0.25) is 0 Å². The van der Waals surface area contributed by atoms with Gasteiger partial charge in [-0.3, -0.25) is 9.89 Å². The molecule has 0 aromatic carbocycles. The number of guanidine groups is 1. The van der Waals surface area contributed by atoms with E-state index in [2.05, 4.69) is 20.5 Å². The Morgan fingerprint density at radius 1 is 1.30 bits per heavy atom. The summed E-state index contributed by atoms with van der Waals surface area (Å²) in [5.74, 6) is 1.36. The van der Waals surface area contributed by atoms with Crippen molar-refractivity contribution < 1.29 is 13.2 Å². The van der Waals surface area contributed by atoms with E-state index < -0.39 is 9.84 Å². The summed E-state index contributed by atoms with van der Waals surface area (Å²) in [6.45, 7) is 7.26. The molecule has 2 fully saturated rings. The lowest BCUT2D eigenvalue weighted by Crippen LogP contribution is -2.46. The Balaban J connectivity index is 0.00000264. The van der Waals surface area contributed by atoms with Crippen LogP contribution in [0.25, 0.3) is 0 Å². The molecule has 1 atom stereocenters. The molecule has 2 heterocycles. The van der Waals surface area contributed by atoms with Crippen molar-refractivity contribution in [1.29, 1.82) is 0 Å². The maximum Gasteiger partial charge on any atom is 0.191 e. The number of rotatable bonds is 6. The Kier molecular flexibility index (Phi) is 9.71. The number of hydrogen-bond acceptors (Lipinski definition) is 5. The molecule has 0 radical (unpaired) electrons. The predicted octanol–water partition coefficient (Wildman–Crippen LogP) is 0.0689. The Morgan fingerprint density at radius 3 is 2.65 bits per heavy atom. The summed E-state index contributed by atoms with van der Waals surface area (Å²) < 4.78 is 28.4. The van der Waals surface area contributed by atoms with Crippen LogP contribution in [0.5, 0.6) is 0 Å². The largest absolute Gasteiger partial charge is 0.376 e. The highest BCUT2D eigenvalue weighted by Gasteiger charge is 2.21. The van der Waals surface area contributed by atoms with Gasteiger partial charge in [0, 0.05) is 39.3 Å². The van der Waals surface area contributed by atoms with Crippen LogP contribution in [0.15, 0.2) is 4.99 Å². The minimum atomic E-state index is -2.80. The second-order valence-corrected chi connectivity index (χ2v) is 8.08. The summed E-state index contributed by atoms with van der Waals surface area (Å²) in [6, 6.07) is 0. The van der Waals surface area contributed by atoms with E-state index in [1.807, 2.05) is 6.92 Å². The number of ether oxygens (including phenoxy) is 1. The van der Waals surface area contributed by atoms with E-state index in [4.69, 9.17) is 4.74 Å². The summed E-state index contributed by atoms with van der Waals surface area (Å²) in [5, 5.41) is 6.53. The minimum absolute atomic E-state index is 0. The normalized spacial score (nSPS) is 24.9. The van der Waals surface area contributed by atoms with E-state index in [1.165, 1.54) is 0 Å². The van der Waals surface area contributed by atoms with Crippen LogP contribution < -0.4 is 10.6 Å². The molecule has 136 valence electrons. The molecule has 23 heavy (non-hydrogen) atoms. The van der Waals surface area contributed by atoms with E-state index in [0.717, 1.165) is 45.0 Å². The van der Waals surface area contributed by atoms with E-state index in [-0.39, 0.29) is 41.6 Å². The lowest BCUT2D eigenvalue weighted by Gasteiger charge is -2.26. The Bertz CT molecular complexity index is 453. The van der Waals surface area contributed by atoms with E-state index in [9.17, 15) is 8.42 Å². The minimum Gasteiger partial charge on any atom is -0.376 e. The van der Waals surface area contributed by atoms with Crippen LogP contribution in [0.2, 0.25) is 0 Å². The van der Waals surface area contributed by atoms with Gasteiger partial charge in [0.25, 0.3) is 0 Å². The van der Waals surface area contributed by atoms with Crippen molar-refractivity contribution in [1.82, 2.24) is 15.5 Å². The van der Waals surface area contributed by atoms with Gasteiger partial charge in [0.15, 0.2) is 15.8 Å². The lowest BCUT2D eigenvalue weighted by molar-refractivity contribution is 0.117. The van der Waals surface area contributed by atoms with Crippen molar-refractivity contribution in [2.45, 2.75) is 25.9 Å². The molecule has 0 aliphatic carbocycles. The van der Waals surface area contributed by atoms with Crippen LogP contribution in [-0.2, 0) is 14.6 Å². The molecule has 0 saturated carbocycles. The number of sulfone groups is 1. The lowest BCUT2D eigenvalue weighted by atomic mass is 10.2. The summed E-state index contributed by atoms with van der Waals surface area (Å²) in [4.78, 5) is 6.73. The van der Waals surface area contributed by atoms with Crippen molar-refractivity contribution in [3.8, 4) is 0 Å². The molecule has 7 nitrogen and oxygen atoms in total. The van der Waals surface area contributed by atoms with Gasteiger partial charge in [-0.25, -0.2) is 8.42 Å². The van der Waals surface area contributed by atoms with Gasteiger partial charge >= 0.3 is 0 Å². The Morgan fingerprint density at radius 2 is 2.04 bits per heavy atom. The summed E-state index contributed by atoms with van der Waals surface area (Å²) in [7, 11) is -2.80. The van der Waals surface area contributed by atoms with Crippen molar-refractivity contribution in [3.63, 3.8) is 0 Å². The number of hydrogen-bond donors (Lipinski definition) is 2. The standard InChI is InChI=1S/C14H28N4O3S.HI/c1-2-15-14(17-12-13-4-3-9-21-13)16-5-6-18-7-10-22(19,20)11-8-18;/h13H,2-12H2,1H3,(H2,15,16,17);1H. The molecular weight excluding hydrogens is 431 g/mol. The maximum absolute atomic E-state index is 11.4. The molecule has 2 saturated heterocycles. The van der Waals surface area contributed by atoms with Gasteiger partial charge < -0.3 is 15.4 Å². The zero-order valence-corrected chi connectivity index (χ0v) is 16.9. The molecule has 0 spiro atoms. The smallest absolute Gasteiger partial charge is 0.191 e. The van der Waals surface area contributed by atoms with Gasteiger partial charge in [-0.2, -0.15) is 0 Å². The van der Waals surface area contributed by atoms with Crippen LogP contribution >= 0.6 is 24.0 Å². The fraction of sp³-hybridized carbons (Fsp3) is 0.929. The Labute approximate surface area is 156 Å². The third-order valence-corrected chi connectivity index (χ3v) is 5.59. The number of nitrogens with one attached hydrogen (secondary N) is 2.